The Balaban J connectivity index is 2.71. The zero-order valence-corrected chi connectivity index (χ0v) is 11.9. The van der Waals surface area contributed by atoms with Crippen LogP contribution in [0.2, 0.25) is 0 Å². The molecule has 0 heterocycles. The molecule has 0 N–H and O–H groups in total. The van der Waals surface area contributed by atoms with Crippen molar-refractivity contribution in [3.63, 3.8) is 0 Å². The van der Waals surface area contributed by atoms with Crippen molar-refractivity contribution in [1.82, 2.24) is 4.90 Å². The highest BCUT2D eigenvalue weighted by Gasteiger charge is 2.34. The predicted octanol–water partition coefficient (Wildman–Crippen LogP) is 1.43. The summed E-state index contributed by atoms with van der Waals surface area (Å²) in [6.07, 6.45) is 4.88. The lowest BCUT2D eigenvalue weighted by molar-refractivity contribution is -0.134. The van der Waals surface area contributed by atoms with Crippen LogP contribution in [0.25, 0.3) is 0 Å². The summed E-state index contributed by atoms with van der Waals surface area (Å²) >= 11 is 5.63. The highest BCUT2D eigenvalue weighted by atomic mass is 35.5. The van der Waals surface area contributed by atoms with Gasteiger partial charge in [0, 0.05) is 24.7 Å². The van der Waals surface area contributed by atoms with Gasteiger partial charge in [0.1, 0.15) is 5.25 Å². The van der Waals surface area contributed by atoms with E-state index in [4.69, 9.17) is 11.6 Å². The molecule has 1 aliphatic rings. The van der Waals surface area contributed by atoms with Gasteiger partial charge in [0.25, 0.3) is 0 Å². The first kappa shape index (κ1) is 14.8. The van der Waals surface area contributed by atoms with Crippen molar-refractivity contribution in [1.29, 1.82) is 0 Å². The Labute approximate surface area is 108 Å². The Morgan fingerprint density at radius 3 is 2.41 bits per heavy atom. The summed E-state index contributed by atoms with van der Waals surface area (Å²) in [6, 6.07) is 0.218. The maximum atomic E-state index is 12.1. The molecule has 1 fully saturated rings. The Hall–Kier alpha value is -0.290. The highest BCUT2D eigenvalue weighted by Crippen LogP contribution is 2.26. The average Bonchev–Trinajstić information content (AvgIpc) is 2.17. The quantitative estimate of drug-likeness (QED) is 0.692. The van der Waals surface area contributed by atoms with Gasteiger partial charge in [0.2, 0.25) is 5.91 Å². The molecule has 1 saturated carbocycles. The smallest absolute Gasteiger partial charge is 0.240 e. The Morgan fingerprint density at radius 2 is 2.06 bits per heavy atom. The molecule has 1 aliphatic carbocycles. The molecule has 100 valence electrons. The number of carbonyl (C=O) groups excluding carboxylic acids is 1. The summed E-state index contributed by atoms with van der Waals surface area (Å²) in [5.74, 6) is 0.214. The minimum atomic E-state index is -3.31. The lowest BCUT2D eigenvalue weighted by Crippen LogP contribution is -2.49. The Bertz CT molecular complexity index is 365. The van der Waals surface area contributed by atoms with E-state index in [0.29, 0.717) is 18.8 Å². The molecule has 1 atom stereocenters. The second kappa shape index (κ2) is 6.05. The second-order valence-electron chi connectivity index (χ2n) is 4.63. The molecule has 0 aromatic carbocycles. The molecule has 1 rings (SSSR count). The van der Waals surface area contributed by atoms with Crippen LogP contribution in [0.5, 0.6) is 0 Å². The molecule has 0 radical (unpaired) electrons. The first-order valence-electron chi connectivity index (χ1n) is 5.93. The van der Waals surface area contributed by atoms with E-state index in [9.17, 15) is 13.2 Å². The van der Waals surface area contributed by atoms with Crippen LogP contribution in [0.4, 0.5) is 0 Å². The van der Waals surface area contributed by atoms with E-state index in [0.717, 1.165) is 25.5 Å². The van der Waals surface area contributed by atoms with Crippen molar-refractivity contribution < 1.29 is 13.2 Å². The summed E-state index contributed by atoms with van der Waals surface area (Å²) in [5, 5.41) is -0.946. The second-order valence-corrected chi connectivity index (χ2v) is 7.37. The third kappa shape index (κ3) is 3.85. The first-order chi connectivity index (χ1) is 7.88. The van der Waals surface area contributed by atoms with Crippen LogP contribution in [0, 0.1) is 0 Å². The standard InChI is InChI=1S/C11H20ClNO3S/c1-9(17(2,15)16)11(14)13(8-4-7-12)10-5-3-6-10/h9-10H,3-8H2,1-2H3. The van der Waals surface area contributed by atoms with Crippen molar-refractivity contribution in [2.75, 3.05) is 18.7 Å². The normalized spacial score (nSPS) is 18.5. The summed E-state index contributed by atoms with van der Waals surface area (Å²) in [7, 11) is -3.31. The van der Waals surface area contributed by atoms with E-state index in [1.165, 1.54) is 6.92 Å². The van der Waals surface area contributed by atoms with Gasteiger partial charge in [-0.3, -0.25) is 4.79 Å². The summed E-state index contributed by atoms with van der Waals surface area (Å²) < 4.78 is 22.8. The van der Waals surface area contributed by atoms with Crippen molar-refractivity contribution >= 4 is 27.3 Å². The van der Waals surface area contributed by atoms with Crippen LogP contribution in [0.3, 0.4) is 0 Å². The number of sulfone groups is 1. The van der Waals surface area contributed by atoms with E-state index in [-0.39, 0.29) is 11.9 Å². The summed E-state index contributed by atoms with van der Waals surface area (Å²) in [5.41, 5.74) is 0. The number of carbonyl (C=O) groups is 1. The molecule has 1 unspecified atom stereocenters. The molecule has 0 saturated heterocycles. The van der Waals surface area contributed by atoms with Gasteiger partial charge in [-0.2, -0.15) is 0 Å². The topological polar surface area (TPSA) is 54.5 Å². The molecule has 4 nitrogen and oxygen atoms in total. The number of halogens is 1. The first-order valence-corrected chi connectivity index (χ1v) is 8.42. The minimum absolute atomic E-state index is 0.218. The van der Waals surface area contributed by atoms with Crippen LogP contribution >= 0.6 is 11.6 Å². The molecule has 17 heavy (non-hydrogen) atoms. The summed E-state index contributed by atoms with van der Waals surface area (Å²) in [6.45, 7) is 2.02. The zero-order valence-electron chi connectivity index (χ0n) is 10.4. The van der Waals surface area contributed by atoms with Crippen LogP contribution in [-0.4, -0.2) is 49.2 Å². The van der Waals surface area contributed by atoms with E-state index in [1.54, 1.807) is 4.90 Å². The number of amides is 1. The van der Waals surface area contributed by atoms with E-state index >= 15 is 0 Å². The lowest BCUT2D eigenvalue weighted by Gasteiger charge is -2.38. The fourth-order valence-electron chi connectivity index (χ4n) is 1.82. The van der Waals surface area contributed by atoms with Gasteiger partial charge < -0.3 is 4.90 Å². The summed E-state index contributed by atoms with van der Waals surface area (Å²) in [4.78, 5) is 13.8. The number of alkyl halides is 1. The van der Waals surface area contributed by atoms with Crippen molar-refractivity contribution in [3.8, 4) is 0 Å². The van der Waals surface area contributed by atoms with Crippen molar-refractivity contribution in [3.05, 3.63) is 0 Å². The predicted molar refractivity (Wildman–Crippen MR) is 69.0 cm³/mol. The molecule has 0 aromatic rings. The molecule has 1 amide bonds. The van der Waals surface area contributed by atoms with Gasteiger partial charge in [-0.05, 0) is 32.6 Å². The van der Waals surface area contributed by atoms with Gasteiger partial charge in [0.15, 0.2) is 9.84 Å². The van der Waals surface area contributed by atoms with Crippen LogP contribution in [-0.2, 0) is 14.6 Å². The SMILES string of the molecule is CC(C(=O)N(CCCCl)C1CCC1)S(C)(=O)=O. The molecule has 0 bridgehead atoms. The third-order valence-electron chi connectivity index (χ3n) is 3.32. The Kier molecular flexibility index (Phi) is 5.25. The third-order valence-corrected chi connectivity index (χ3v) is 5.07. The molecule has 6 heteroatoms. The van der Waals surface area contributed by atoms with Gasteiger partial charge in [0.05, 0.1) is 0 Å². The van der Waals surface area contributed by atoms with Gasteiger partial charge in [-0.1, -0.05) is 0 Å². The number of rotatable bonds is 6. The minimum Gasteiger partial charge on any atom is -0.339 e. The largest absolute Gasteiger partial charge is 0.339 e. The zero-order chi connectivity index (χ0) is 13.1. The van der Waals surface area contributed by atoms with Crippen molar-refractivity contribution in [2.45, 2.75) is 43.9 Å². The van der Waals surface area contributed by atoms with E-state index in [1.807, 2.05) is 0 Å². The maximum Gasteiger partial charge on any atom is 0.240 e. The molecular formula is C11H20ClNO3S. The number of nitrogens with zero attached hydrogens (tertiary/aromatic N) is 1. The van der Waals surface area contributed by atoms with E-state index < -0.39 is 15.1 Å². The van der Waals surface area contributed by atoms with Gasteiger partial charge in [-0.25, -0.2) is 8.42 Å². The fourth-order valence-corrected chi connectivity index (χ4v) is 2.44. The van der Waals surface area contributed by atoms with Gasteiger partial charge in [-0.15, -0.1) is 11.6 Å². The number of hydrogen-bond donors (Lipinski definition) is 0. The van der Waals surface area contributed by atoms with Crippen LogP contribution in [0.1, 0.15) is 32.6 Å². The van der Waals surface area contributed by atoms with Crippen LogP contribution in [0.15, 0.2) is 0 Å². The van der Waals surface area contributed by atoms with Gasteiger partial charge >= 0.3 is 0 Å². The van der Waals surface area contributed by atoms with E-state index in [2.05, 4.69) is 0 Å². The van der Waals surface area contributed by atoms with Crippen molar-refractivity contribution in [2.24, 2.45) is 0 Å². The molecular weight excluding hydrogens is 262 g/mol. The van der Waals surface area contributed by atoms with Crippen LogP contribution < -0.4 is 0 Å². The maximum absolute atomic E-state index is 12.1. The molecule has 0 aromatic heterocycles. The average molecular weight is 282 g/mol. The highest BCUT2D eigenvalue weighted by molar-refractivity contribution is 7.92. The lowest BCUT2D eigenvalue weighted by atomic mass is 9.91. The molecule has 0 spiro atoms. The molecule has 0 aliphatic heterocycles. The monoisotopic (exact) mass is 281 g/mol. The fraction of sp³-hybridized carbons (Fsp3) is 0.909. The number of hydrogen-bond acceptors (Lipinski definition) is 3. The Morgan fingerprint density at radius 1 is 1.47 bits per heavy atom.